The molecule has 4 heteroatoms. The zero-order valence-corrected chi connectivity index (χ0v) is 12.4. The summed E-state index contributed by atoms with van der Waals surface area (Å²) in [5.41, 5.74) is -0.384. The fraction of sp³-hybridized carbons (Fsp3) is 1.00. The molecule has 19 heavy (non-hydrogen) atoms. The van der Waals surface area contributed by atoms with Crippen LogP contribution in [-0.2, 0) is 4.74 Å². The van der Waals surface area contributed by atoms with Crippen LogP contribution in [0, 0.1) is 5.92 Å². The van der Waals surface area contributed by atoms with E-state index >= 15 is 0 Å². The lowest BCUT2D eigenvalue weighted by Crippen LogP contribution is -2.47. The van der Waals surface area contributed by atoms with Gasteiger partial charge in [0.1, 0.15) is 0 Å². The van der Waals surface area contributed by atoms with Crippen LogP contribution in [0.3, 0.4) is 0 Å². The van der Waals surface area contributed by atoms with E-state index in [4.69, 9.17) is 4.74 Å². The number of nitrogens with zero attached hydrogens (tertiary/aromatic N) is 1. The lowest BCUT2D eigenvalue weighted by Gasteiger charge is -2.37. The number of piperidine rings is 1. The standard InChI is InChI=1S/C15H30N2O2/c1-19-10-8-16-11-14-5-4-9-17(12-14)13-15(18)6-2-3-7-15/h14,16,18H,2-13H2,1H3. The summed E-state index contributed by atoms with van der Waals surface area (Å²) < 4.78 is 5.05. The minimum Gasteiger partial charge on any atom is -0.389 e. The Morgan fingerprint density at radius 2 is 2.11 bits per heavy atom. The van der Waals surface area contributed by atoms with E-state index in [1.54, 1.807) is 7.11 Å². The van der Waals surface area contributed by atoms with E-state index in [-0.39, 0.29) is 5.60 Å². The van der Waals surface area contributed by atoms with Gasteiger partial charge in [-0.1, -0.05) is 12.8 Å². The van der Waals surface area contributed by atoms with Crippen LogP contribution in [0.25, 0.3) is 0 Å². The molecule has 1 aliphatic carbocycles. The van der Waals surface area contributed by atoms with Gasteiger partial charge in [0.2, 0.25) is 0 Å². The molecule has 0 radical (unpaired) electrons. The minimum absolute atomic E-state index is 0.384. The van der Waals surface area contributed by atoms with Crippen LogP contribution >= 0.6 is 0 Å². The third-order valence-electron chi connectivity index (χ3n) is 4.57. The smallest absolute Gasteiger partial charge is 0.0774 e. The van der Waals surface area contributed by atoms with Crippen LogP contribution in [0.4, 0.5) is 0 Å². The number of nitrogens with one attached hydrogen (secondary N) is 1. The first-order valence-corrected chi connectivity index (χ1v) is 7.86. The van der Waals surface area contributed by atoms with Gasteiger partial charge < -0.3 is 20.1 Å². The van der Waals surface area contributed by atoms with Gasteiger partial charge in [-0.15, -0.1) is 0 Å². The molecule has 2 N–H and O–H groups in total. The van der Waals surface area contributed by atoms with Crippen molar-refractivity contribution in [3.8, 4) is 0 Å². The van der Waals surface area contributed by atoms with E-state index in [0.717, 1.165) is 58.1 Å². The second-order valence-electron chi connectivity index (χ2n) is 6.37. The van der Waals surface area contributed by atoms with Gasteiger partial charge in [0, 0.05) is 26.7 Å². The summed E-state index contributed by atoms with van der Waals surface area (Å²) in [6.45, 7) is 6.01. The van der Waals surface area contributed by atoms with Crippen LogP contribution in [0.1, 0.15) is 38.5 Å². The largest absolute Gasteiger partial charge is 0.389 e. The molecule has 1 unspecified atom stereocenters. The third kappa shape index (κ3) is 5.03. The average Bonchev–Trinajstić information content (AvgIpc) is 2.82. The Kier molecular flexibility index (Phi) is 6.07. The van der Waals surface area contributed by atoms with E-state index in [0.29, 0.717) is 0 Å². The van der Waals surface area contributed by atoms with E-state index in [1.165, 1.54) is 25.7 Å². The Hall–Kier alpha value is -0.160. The summed E-state index contributed by atoms with van der Waals surface area (Å²) >= 11 is 0. The van der Waals surface area contributed by atoms with Gasteiger partial charge in [0.15, 0.2) is 0 Å². The second kappa shape index (κ2) is 7.58. The van der Waals surface area contributed by atoms with E-state index < -0.39 is 0 Å². The Labute approximate surface area is 117 Å². The first-order valence-electron chi connectivity index (χ1n) is 7.86. The average molecular weight is 270 g/mol. The van der Waals surface area contributed by atoms with Gasteiger partial charge >= 0.3 is 0 Å². The van der Waals surface area contributed by atoms with Gasteiger partial charge in [0.05, 0.1) is 12.2 Å². The minimum atomic E-state index is -0.384. The highest BCUT2D eigenvalue weighted by atomic mass is 16.5. The maximum Gasteiger partial charge on any atom is 0.0774 e. The van der Waals surface area contributed by atoms with E-state index in [9.17, 15) is 5.11 Å². The molecule has 4 nitrogen and oxygen atoms in total. The number of hydrogen-bond donors (Lipinski definition) is 2. The van der Waals surface area contributed by atoms with Crippen molar-refractivity contribution in [1.82, 2.24) is 10.2 Å². The lowest BCUT2D eigenvalue weighted by molar-refractivity contribution is -0.00215. The molecule has 1 saturated heterocycles. The highest BCUT2D eigenvalue weighted by Gasteiger charge is 2.34. The van der Waals surface area contributed by atoms with Crippen molar-refractivity contribution >= 4 is 0 Å². The Balaban J connectivity index is 1.68. The van der Waals surface area contributed by atoms with Crippen LogP contribution in [0.2, 0.25) is 0 Å². The summed E-state index contributed by atoms with van der Waals surface area (Å²) in [6.07, 6.45) is 6.99. The molecule has 1 aliphatic heterocycles. The zero-order valence-electron chi connectivity index (χ0n) is 12.4. The van der Waals surface area contributed by atoms with Gasteiger partial charge in [-0.2, -0.15) is 0 Å². The van der Waals surface area contributed by atoms with Gasteiger partial charge in [-0.05, 0) is 44.7 Å². The van der Waals surface area contributed by atoms with Crippen molar-refractivity contribution in [2.75, 3.05) is 46.4 Å². The monoisotopic (exact) mass is 270 g/mol. The molecule has 0 amide bonds. The number of rotatable bonds is 7. The van der Waals surface area contributed by atoms with Gasteiger partial charge in [-0.25, -0.2) is 0 Å². The number of aliphatic hydroxyl groups is 1. The molecule has 0 bridgehead atoms. The van der Waals surface area contributed by atoms with Crippen LogP contribution < -0.4 is 5.32 Å². The highest BCUT2D eigenvalue weighted by molar-refractivity contribution is 4.89. The normalized spacial score (nSPS) is 27.8. The first kappa shape index (κ1) is 15.2. The fourth-order valence-corrected chi connectivity index (χ4v) is 3.55. The molecule has 2 rings (SSSR count). The lowest BCUT2D eigenvalue weighted by atomic mass is 9.95. The zero-order chi connectivity index (χ0) is 13.6. The van der Waals surface area contributed by atoms with Crippen LogP contribution in [-0.4, -0.2) is 62.0 Å². The maximum atomic E-state index is 10.5. The molecule has 1 atom stereocenters. The maximum absolute atomic E-state index is 10.5. The quantitative estimate of drug-likeness (QED) is 0.683. The van der Waals surface area contributed by atoms with Crippen molar-refractivity contribution in [2.24, 2.45) is 5.92 Å². The van der Waals surface area contributed by atoms with Crippen molar-refractivity contribution in [3.63, 3.8) is 0 Å². The SMILES string of the molecule is COCCNCC1CCCN(CC2(O)CCCC2)C1. The summed E-state index contributed by atoms with van der Waals surface area (Å²) in [6, 6.07) is 0. The van der Waals surface area contributed by atoms with Crippen molar-refractivity contribution < 1.29 is 9.84 Å². The number of ether oxygens (including phenoxy) is 1. The first-order chi connectivity index (χ1) is 9.22. The van der Waals surface area contributed by atoms with Crippen LogP contribution in [0.15, 0.2) is 0 Å². The molecule has 0 aromatic carbocycles. The summed E-state index contributed by atoms with van der Waals surface area (Å²) in [5.74, 6) is 0.732. The topological polar surface area (TPSA) is 44.7 Å². The third-order valence-corrected chi connectivity index (χ3v) is 4.57. The summed E-state index contributed by atoms with van der Waals surface area (Å²) in [7, 11) is 1.74. The number of β-amino-alcohol motifs (C(OH)–C–C–N with tert-alkyl or cyclic N) is 1. The predicted molar refractivity (Wildman–Crippen MR) is 77.3 cm³/mol. The molecule has 2 aliphatic rings. The summed E-state index contributed by atoms with van der Waals surface area (Å²) in [4.78, 5) is 2.48. The molecule has 1 heterocycles. The van der Waals surface area contributed by atoms with Gasteiger partial charge in [-0.3, -0.25) is 0 Å². The molecule has 2 fully saturated rings. The van der Waals surface area contributed by atoms with Gasteiger partial charge in [0.25, 0.3) is 0 Å². The summed E-state index contributed by atoms with van der Waals surface area (Å²) in [5, 5.41) is 14.0. The molecule has 1 saturated carbocycles. The van der Waals surface area contributed by atoms with Crippen molar-refractivity contribution in [1.29, 1.82) is 0 Å². The molecule has 0 spiro atoms. The molecule has 0 aromatic heterocycles. The Morgan fingerprint density at radius 3 is 2.84 bits per heavy atom. The van der Waals surface area contributed by atoms with Crippen molar-refractivity contribution in [2.45, 2.75) is 44.1 Å². The van der Waals surface area contributed by atoms with E-state index in [2.05, 4.69) is 10.2 Å². The highest BCUT2D eigenvalue weighted by Crippen LogP contribution is 2.31. The second-order valence-corrected chi connectivity index (χ2v) is 6.37. The number of likely N-dealkylation sites (tertiary alicyclic amines) is 1. The van der Waals surface area contributed by atoms with Crippen LogP contribution in [0.5, 0.6) is 0 Å². The molecular formula is C15H30N2O2. The molecule has 112 valence electrons. The predicted octanol–water partition coefficient (Wildman–Crippen LogP) is 1.24. The fourth-order valence-electron chi connectivity index (χ4n) is 3.55. The molecule has 0 aromatic rings. The number of hydrogen-bond acceptors (Lipinski definition) is 4. The van der Waals surface area contributed by atoms with Crippen molar-refractivity contribution in [3.05, 3.63) is 0 Å². The van der Waals surface area contributed by atoms with E-state index in [1.807, 2.05) is 0 Å². The Morgan fingerprint density at radius 1 is 1.32 bits per heavy atom. The number of methoxy groups -OCH3 is 1. The molecular weight excluding hydrogens is 240 g/mol. The Bertz CT molecular complexity index is 255.